The van der Waals surface area contributed by atoms with Crippen LogP contribution in [0.15, 0.2) is 43.0 Å². The largest absolute Gasteiger partial charge is 0.310 e. The van der Waals surface area contributed by atoms with Crippen LogP contribution in [0.1, 0.15) is 18.7 Å². The Bertz CT molecular complexity index is 1340. The van der Waals surface area contributed by atoms with E-state index in [1.807, 2.05) is 0 Å². The van der Waals surface area contributed by atoms with E-state index in [2.05, 4.69) is 35.9 Å². The summed E-state index contributed by atoms with van der Waals surface area (Å²) in [6.45, 7) is 0. The number of aromatic nitrogens is 7. The van der Waals surface area contributed by atoms with E-state index in [-0.39, 0.29) is 23.4 Å². The molecule has 30 heavy (non-hydrogen) atoms. The van der Waals surface area contributed by atoms with Gasteiger partial charge in [-0.3, -0.25) is 9.78 Å². The van der Waals surface area contributed by atoms with Gasteiger partial charge >= 0.3 is 0 Å². The zero-order chi connectivity index (χ0) is 20.7. The van der Waals surface area contributed by atoms with Crippen LogP contribution in [0.5, 0.6) is 0 Å². The summed E-state index contributed by atoms with van der Waals surface area (Å²) in [6, 6.07) is 5.25. The maximum atomic E-state index is 12.7. The number of nitrogens with one attached hydrogen (secondary N) is 2. The van der Waals surface area contributed by atoms with Crippen LogP contribution in [-0.2, 0) is 21.2 Å². The summed E-state index contributed by atoms with van der Waals surface area (Å²) in [5.41, 5.74) is 2.02. The fourth-order valence-electron chi connectivity index (χ4n) is 3.27. The molecule has 0 radical (unpaired) electrons. The molecule has 1 aliphatic carbocycles. The summed E-state index contributed by atoms with van der Waals surface area (Å²) in [4.78, 5) is 20.6. The van der Waals surface area contributed by atoms with Crippen molar-refractivity contribution in [3.8, 4) is 11.1 Å². The van der Waals surface area contributed by atoms with Crippen LogP contribution in [0.3, 0.4) is 0 Å². The maximum absolute atomic E-state index is 12.7. The number of H-pyrrole nitrogens is 1. The van der Waals surface area contributed by atoms with Crippen LogP contribution in [0.2, 0.25) is 0 Å². The van der Waals surface area contributed by atoms with Crippen molar-refractivity contribution >= 4 is 32.7 Å². The Morgan fingerprint density at radius 1 is 1.27 bits per heavy atom. The van der Waals surface area contributed by atoms with E-state index in [9.17, 15) is 13.2 Å². The molecule has 1 saturated carbocycles. The number of tetrazole rings is 1. The zero-order valence-electron chi connectivity index (χ0n) is 15.6. The van der Waals surface area contributed by atoms with Gasteiger partial charge in [-0.2, -0.15) is 5.21 Å². The van der Waals surface area contributed by atoms with Crippen molar-refractivity contribution in [3.63, 3.8) is 0 Å². The summed E-state index contributed by atoms with van der Waals surface area (Å²) in [7, 11) is -3.41. The molecule has 11 nitrogen and oxygen atoms in total. The number of hydrogen-bond acceptors (Lipinski definition) is 8. The Morgan fingerprint density at radius 3 is 2.90 bits per heavy atom. The van der Waals surface area contributed by atoms with Gasteiger partial charge in [-0.05, 0) is 36.6 Å². The lowest BCUT2D eigenvalue weighted by Crippen LogP contribution is -2.16. The first-order valence-corrected chi connectivity index (χ1v) is 10.7. The number of nitrogens with zero attached hydrogens (tertiary/aromatic N) is 6. The normalized spacial score (nSPS) is 14.1. The second kappa shape index (κ2) is 6.99. The number of fused-ring (bicyclic) bond motifs is 1. The number of aromatic amines is 1. The first kappa shape index (κ1) is 18.4. The van der Waals surface area contributed by atoms with E-state index in [1.54, 1.807) is 43.0 Å². The van der Waals surface area contributed by atoms with Crippen molar-refractivity contribution < 1.29 is 13.2 Å². The fourth-order valence-corrected chi connectivity index (χ4v) is 4.97. The van der Waals surface area contributed by atoms with Gasteiger partial charge in [0.2, 0.25) is 15.9 Å². The number of carbonyl (C=O) groups is 1. The van der Waals surface area contributed by atoms with Gasteiger partial charge in [-0.25, -0.2) is 17.4 Å². The number of anilines is 1. The second-order valence-electron chi connectivity index (χ2n) is 6.96. The predicted molar refractivity (Wildman–Crippen MR) is 107 cm³/mol. The Kier molecular flexibility index (Phi) is 4.28. The van der Waals surface area contributed by atoms with Gasteiger partial charge in [0.05, 0.1) is 23.4 Å². The molecule has 0 atom stereocenters. The minimum absolute atomic E-state index is 0.0403. The third-order valence-corrected chi connectivity index (χ3v) is 7.03. The summed E-state index contributed by atoms with van der Waals surface area (Å²) < 4.78 is 26.7. The van der Waals surface area contributed by atoms with Gasteiger partial charge in [0.1, 0.15) is 5.82 Å². The van der Waals surface area contributed by atoms with E-state index >= 15 is 0 Å². The monoisotopic (exact) mass is 424 g/mol. The molecule has 2 N–H and O–H groups in total. The summed E-state index contributed by atoms with van der Waals surface area (Å²) in [5.74, 6) is 0.290. The number of hydrogen-bond donors (Lipinski definition) is 2. The highest BCUT2D eigenvalue weighted by Crippen LogP contribution is 2.34. The highest BCUT2D eigenvalue weighted by Gasteiger charge is 2.37. The molecule has 0 spiro atoms. The highest BCUT2D eigenvalue weighted by atomic mass is 32.2. The molecular weight excluding hydrogens is 408 g/mol. The number of pyridine rings is 2. The Hall–Kier alpha value is -3.67. The molecule has 0 bridgehead atoms. The molecule has 0 aromatic carbocycles. The molecule has 1 fully saturated rings. The average Bonchev–Trinajstić information content (AvgIpc) is 3.31. The SMILES string of the molecule is O=C(Cc1nn[nH]n1)Nc1cc(-c2cncc3c2ccn3S(=O)(=O)C2CC2)ccn1. The van der Waals surface area contributed by atoms with Gasteiger partial charge in [-0.15, -0.1) is 10.2 Å². The minimum atomic E-state index is -3.41. The third-order valence-electron chi connectivity index (χ3n) is 4.85. The first-order chi connectivity index (χ1) is 14.5. The van der Waals surface area contributed by atoms with Gasteiger partial charge in [0.15, 0.2) is 5.82 Å². The van der Waals surface area contributed by atoms with Crippen molar-refractivity contribution in [2.45, 2.75) is 24.5 Å². The summed E-state index contributed by atoms with van der Waals surface area (Å²) >= 11 is 0. The van der Waals surface area contributed by atoms with Crippen LogP contribution < -0.4 is 5.32 Å². The van der Waals surface area contributed by atoms with E-state index in [0.29, 0.717) is 24.2 Å². The molecule has 4 heterocycles. The van der Waals surface area contributed by atoms with Crippen LogP contribution in [-0.4, -0.2) is 54.1 Å². The fraction of sp³-hybridized carbons (Fsp3) is 0.222. The zero-order valence-corrected chi connectivity index (χ0v) is 16.4. The molecule has 12 heteroatoms. The second-order valence-corrected chi connectivity index (χ2v) is 9.05. The molecule has 5 rings (SSSR count). The van der Waals surface area contributed by atoms with Crippen molar-refractivity contribution in [2.75, 3.05) is 5.32 Å². The molecule has 0 aliphatic heterocycles. The predicted octanol–water partition coefficient (Wildman–Crippen LogP) is 1.13. The molecule has 0 saturated heterocycles. The van der Waals surface area contributed by atoms with Gasteiger partial charge in [0, 0.05) is 29.5 Å². The summed E-state index contributed by atoms with van der Waals surface area (Å²) in [5, 5.41) is 16.3. The molecule has 1 amide bonds. The molecule has 152 valence electrons. The first-order valence-electron chi connectivity index (χ1n) is 9.20. The molecule has 1 aliphatic rings. The molecule has 4 aromatic rings. The minimum Gasteiger partial charge on any atom is -0.310 e. The molecular formula is C18H16N8O3S. The Labute approximate surface area is 170 Å². The number of carbonyl (C=O) groups excluding carboxylic acids is 1. The third kappa shape index (κ3) is 3.30. The van der Waals surface area contributed by atoms with E-state index in [0.717, 1.165) is 16.5 Å². The lowest BCUT2D eigenvalue weighted by Gasteiger charge is -2.09. The number of amides is 1. The van der Waals surface area contributed by atoms with E-state index in [4.69, 9.17) is 0 Å². The number of rotatable bonds is 6. The molecule has 0 unspecified atom stereocenters. The highest BCUT2D eigenvalue weighted by molar-refractivity contribution is 7.91. The Balaban J connectivity index is 1.46. The van der Waals surface area contributed by atoms with E-state index < -0.39 is 10.0 Å². The van der Waals surface area contributed by atoms with Gasteiger partial charge < -0.3 is 5.32 Å². The van der Waals surface area contributed by atoms with Crippen LogP contribution in [0.25, 0.3) is 22.0 Å². The van der Waals surface area contributed by atoms with Crippen LogP contribution in [0, 0.1) is 0 Å². The van der Waals surface area contributed by atoms with E-state index in [1.165, 1.54) is 3.97 Å². The van der Waals surface area contributed by atoms with Gasteiger partial charge in [0.25, 0.3) is 0 Å². The lowest BCUT2D eigenvalue weighted by molar-refractivity contribution is -0.115. The maximum Gasteiger partial charge on any atom is 0.241 e. The quantitative estimate of drug-likeness (QED) is 0.468. The van der Waals surface area contributed by atoms with Gasteiger partial charge in [-0.1, -0.05) is 5.21 Å². The smallest absolute Gasteiger partial charge is 0.241 e. The standard InChI is InChI=1S/C18H16N8O3S/c27-18(8-17-22-24-25-23-17)21-16-7-11(3-5-20-16)14-9-19-10-15-13(14)4-6-26(15)30(28,29)12-1-2-12/h3-7,9-10,12H,1-2,8H2,(H,20,21,27)(H,22,23,24,25). The van der Waals surface area contributed by atoms with Crippen molar-refractivity contribution in [1.29, 1.82) is 0 Å². The van der Waals surface area contributed by atoms with Crippen LogP contribution >= 0.6 is 0 Å². The summed E-state index contributed by atoms with van der Waals surface area (Å²) in [6.07, 6.45) is 7.68. The van der Waals surface area contributed by atoms with Crippen molar-refractivity contribution in [2.24, 2.45) is 0 Å². The lowest BCUT2D eigenvalue weighted by atomic mass is 10.1. The molecule has 4 aromatic heterocycles. The average molecular weight is 424 g/mol. The Morgan fingerprint density at radius 2 is 2.13 bits per heavy atom. The van der Waals surface area contributed by atoms with Crippen molar-refractivity contribution in [3.05, 3.63) is 48.8 Å². The van der Waals surface area contributed by atoms with Crippen molar-refractivity contribution in [1.82, 2.24) is 34.6 Å². The topological polar surface area (TPSA) is 148 Å². The van der Waals surface area contributed by atoms with Crippen LogP contribution in [0.4, 0.5) is 5.82 Å².